The summed E-state index contributed by atoms with van der Waals surface area (Å²) >= 11 is 0. The van der Waals surface area contributed by atoms with Gasteiger partial charge in [0, 0.05) is 5.92 Å². The highest BCUT2D eigenvalue weighted by atomic mass is 19.1. The molecule has 1 aliphatic carbocycles. The first-order valence-corrected chi connectivity index (χ1v) is 3.36. The first-order chi connectivity index (χ1) is 4.75. The number of methoxy groups -OCH3 is 1. The fourth-order valence-corrected chi connectivity index (χ4v) is 0.971. The first kappa shape index (κ1) is 7.32. The van der Waals surface area contributed by atoms with Crippen molar-refractivity contribution in [3.8, 4) is 0 Å². The summed E-state index contributed by atoms with van der Waals surface area (Å²) < 4.78 is 17.7. The molecule has 0 aliphatic heterocycles. The van der Waals surface area contributed by atoms with Gasteiger partial charge in [-0.1, -0.05) is 13.0 Å². The second-order valence-electron chi connectivity index (χ2n) is 2.46. The molecular formula is C8H11FO. The lowest BCUT2D eigenvalue weighted by molar-refractivity contribution is 0.275. The number of hydrogen-bond donors (Lipinski definition) is 0. The molecule has 10 heavy (non-hydrogen) atoms. The van der Waals surface area contributed by atoms with Crippen molar-refractivity contribution in [2.75, 3.05) is 7.11 Å². The molecule has 0 aromatic carbocycles. The van der Waals surface area contributed by atoms with Crippen molar-refractivity contribution in [1.82, 2.24) is 0 Å². The third-order valence-corrected chi connectivity index (χ3v) is 1.65. The molecule has 0 aromatic rings. The minimum absolute atomic E-state index is 0.0139. The van der Waals surface area contributed by atoms with Gasteiger partial charge in [0.05, 0.1) is 7.11 Å². The lowest BCUT2D eigenvalue weighted by Crippen LogP contribution is -2.02. The van der Waals surface area contributed by atoms with Gasteiger partial charge in [-0.3, -0.25) is 0 Å². The van der Waals surface area contributed by atoms with E-state index in [1.54, 1.807) is 6.08 Å². The molecular weight excluding hydrogens is 131 g/mol. The zero-order chi connectivity index (χ0) is 7.56. The monoisotopic (exact) mass is 142 g/mol. The van der Waals surface area contributed by atoms with Gasteiger partial charge in [0.25, 0.3) is 0 Å². The number of allylic oxidation sites excluding steroid dienone is 3. The molecule has 0 radical (unpaired) electrons. The molecule has 1 rings (SSSR count). The highest BCUT2D eigenvalue weighted by Gasteiger charge is 2.15. The summed E-state index contributed by atoms with van der Waals surface area (Å²) in [6.45, 7) is 1.85. The maximum absolute atomic E-state index is 12.9. The SMILES string of the molecule is COC1=C(F)C(C)CC=C1. The Labute approximate surface area is 60.2 Å². The van der Waals surface area contributed by atoms with E-state index in [2.05, 4.69) is 0 Å². The predicted octanol–water partition coefficient (Wildman–Crippen LogP) is 2.41. The second kappa shape index (κ2) is 2.86. The topological polar surface area (TPSA) is 9.23 Å². The smallest absolute Gasteiger partial charge is 0.150 e. The van der Waals surface area contributed by atoms with Gasteiger partial charge >= 0.3 is 0 Å². The minimum atomic E-state index is -0.134. The number of halogens is 1. The summed E-state index contributed by atoms with van der Waals surface area (Å²) in [5.41, 5.74) is 0. The fraction of sp³-hybridized carbons (Fsp3) is 0.500. The lowest BCUT2D eigenvalue weighted by atomic mass is 10.0. The molecule has 0 heterocycles. The molecule has 0 spiro atoms. The Balaban J connectivity index is 2.82. The fourth-order valence-electron chi connectivity index (χ4n) is 0.971. The number of hydrogen-bond acceptors (Lipinski definition) is 1. The van der Waals surface area contributed by atoms with Crippen molar-refractivity contribution < 1.29 is 9.13 Å². The van der Waals surface area contributed by atoms with E-state index in [0.717, 1.165) is 6.42 Å². The Kier molecular flexibility index (Phi) is 2.10. The summed E-state index contributed by atoms with van der Waals surface area (Å²) in [4.78, 5) is 0. The minimum Gasteiger partial charge on any atom is -0.494 e. The van der Waals surface area contributed by atoms with Crippen LogP contribution in [0.1, 0.15) is 13.3 Å². The summed E-state index contributed by atoms with van der Waals surface area (Å²) in [5, 5.41) is 0. The van der Waals surface area contributed by atoms with Crippen LogP contribution in [0.25, 0.3) is 0 Å². The van der Waals surface area contributed by atoms with Gasteiger partial charge in [-0.05, 0) is 12.5 Å². The lowest BCUT2D eigenvalue weighted by Gasteiger charge is -2.13. The predicted molar refractivity (Wildman–Crippen MR) is 38.1 cm³/mol. The maximum Gasteiger partial charge on any atom is 0.150 e. The van der Waals surface area contributed by atoms with Gasteiger partial charge in [-0.25, -0.2) is 4.39 Å². The molecule has 0 fully saturated rings. The van der Waals surface area contributed by atoms with Crippen LogP contribution in [-0.4, -0.2) is 7.11 Å². The van der Waals surface area contributed by atoms with E-state index in [9.17, 15) is 4.39 Å². The van der Waals surface area contributed by atoms with E-state index in [-0.39, 0.29) is 11.7 Å². The van der Waals surface area contributed by atoms with Crippen LogP contribution >= 0.6 is 0 Å². The number of ether oxygens (including phenoxy) is 1. The zero-order valence-corrected chi connectivity index (χ0v) is 6.23. The Morgan fingerprint density at radius 3 is 2.90 bits per heavy atom. The van der Waals surface area contributed by atoms with Gasteiger partial charge < -0.3 is 4.74 Å². The summed E-state index contributed by atoms with van der Waals surface area (Å²) in [6, 6.07) is 0. The molecule has 1 aliphatic rings. The van der Waals surface area contributed by atoms with Crippen molar-refractivity contribution in [1.29, 1.82) is 0 Å². The molecule has 0 N–H and O–H groups in total. The van der Waals surface area contributed by atoms with Gasteiger partial charge in [0.2, 0.25) is 0 Å². The largest absolute Gasteiger partial charge is 0.494 e. The van der Waals surface area contributed by atoms with Gasteiger partial charge in [0.15, 0.2) is 0 Å². The van der Waals surface area contributed by atoms with Crippen LogP contribution in [0.4, 0.5) is 4.39 Å². The molecule has 1 unspecified atom stereocenters. The maximum atomic E-state index is 12.9. The van der Waals surface area contributed by atoms with Crippen LogP contribution in [0.3, 0.4) is 0 Å². The summed E-state index contributed by atoms with van der Waals surface area (Å²) in [7, 11) is 1.48. The summed E-state index contributed by atoms with van der Waals surface area (Å²) in [5.74, 6) is 0.226. The molecule has 0 amide bonds. The van der Waals surface area contributed by atoms with Gasteiger partial charge in [0.1, 0.15) is 11.6 Å². The Morgan fingerprint density at radius 2 is 2.40 bits per heavy atom. The van der Waals surface area contributed by atoms with Crippen LogP contribution in [0.15, 0.2) is 23.7 Å². The molecule has 0 saturated heterocycles. The third kappa shape index (κ3) is 1.20. The van der Waals surface area contributed by atoms with Crippen molar-refractivity contribution in [2.24, 2.45) is 5.92 Å². The van der Waals surface area contributed by atoms with Crippen molar-refractivity contribution in [2.45, 2.75) is 13.3 Å². The average Bonchev–Trinajstić information content (AvgIpc) is 1.95. The Hall–Kier alpha value is -0.790. The molecule has 2 heteroatoms. The standard InChI is InChI=1S/C8H11FO/c1-6-4-3-5-7(10-2)8(6)9/h3,5-6H,4H2,1-2H3. The van der Waals surface area contributed by atoms with Crippen molar-refractivity contribution in [3.05, 3.63) is 23.7 Å². The Morgan fingerprint density at radius 1 is 1.70 bits per heavy atom. The first-order valence-electron chi connectivity index (χ1n) is 3.36. The third-order valence-electron chi connectivity index (χ3n) is 1.65. The molecule has 56 valence electrons. The van der Waals surface area contributed by atoms with Gasteiger partial charge in [-0.2, -0.15) is 0 Å². The second-order valence-corrected chi connectivity index (χ2v) is 2.46. The molecule has 0 bridgehead atoms. The molecule has 1 nitrogen and oxygen atoms in total. The van der Waals surface area contributed by atoms with E-state index in [1.807, 2.05) is 13.0 Å². The van der Waals surface area contributed by atoms with E-state index in [0.29, 0.717) is 5.76 Å². The molecule has 1 atom stereocenters. The molecule has 0 saturated carbocycles. The Bertz CT molecular complexity index is 182. The van der Waals surface area contributed by atoms with E-state index >= 15 is 0 Å². The van der Waals surface area contributed by atoms with E-state index < -0.39 is 0 Å². The average molecular weight is 142 g/mol. The van der Waals surface area contributed by atoms with Crippen LogP contribution in [0.5, 0.6) is 0 Å². The van der Waals surface area contributed by atoms with Crippen LogP contribution in [0, 0.1) is 5.92 Å². The van der Waals surface area contributed by atoms with Crippen molar-refractivity contribution >= 4 is 0 Å². The van der Waals surface area contributed by atoms with Gasteiger partial charge in [-0.15, -0.1) is 0 Å². The normalized spacial score (nSPS) is 25.3. The van der Waals surface area contributed by atoms with Crippen LogP contribution in [-0.2, 0) is 4.74 Å². The van der Waals surface area contributed by atoms with Crippen molar-refractivity contribution in [3.63, 3.8) is 0 Å². The highest BCUT2D eigenvalue weighted by molar-refractivity contribution is 5.22. The highest BCUT2D eigenvalue weighted by Crippen LogP contribution is 2.25. The quantitative estimate of drug-likeness (QED) is 0.546. The number of rotatable bonds is 1. The molecule has 0 aromatic heterocycles. The van der Waals surface area contributed by atoms with E-state index in [4.69, 9.17) is 4.74 Å². The zero-order valence-electron chi connectivity index (χ0n) is 6.23. The van der Waals surface area contributed by atoms with Crippen LogP contribution in [0.2, 0.25) is 0 Å². The summed E-state index contributed by atoms with van der Waals surface area (Å²) in [6.07, 6.45) is 4.38. The van der Waals surface area contributed by atoms with E-state index in [1.165, 1.54) is 7.11 Å². The van der Waals surface area contributed by atoms with Crippen LogP contribution < -0.4 is 0 Å².